The molecule has 2 fully saturated rings. The maximum Gasteiger partial charge on any atom is 0.310 e. The predicted molar refractivity (Wildman–Crippen MR) is 128 cm³/mol. The Bertz CT molecular complexity index is 1110. The van der Waals surface area contributed by atoms with E-state index in [1.165, 1.54) is 4.31 Å². The lowest BCUT2D eigenvalue weighted by molar-refractivity contribution is -0.149. The molecule has 2 aliphatic rings. The van der Waals surface area contributed by atoms with Gasteiger partial charge < -0.3 is 9.47 Å². The second-order valence-corrected chi connectivity index (χ2v) is 11.0. The van der Waals surface area contributed by atoms with Crippen molar-refractivity contribution < 1.29 is 27.5 Å². The minimum absolute atomic E-state index is 0.0341. The Hall–Kier alpha value is -2.17. The van der Waals surface area contributed by atoms with Crippen molar-refractivity contribution in [2.45, 2.75) is 31.1 Å². The first-order valence-electron chi connectivity index (χ1n) is 11.3. The monoisotopic (exact) mass is 508 g/mol. The number of nitrogens with zero attached hydrogens (tertiary/aromatic N) is 2. The van der Waals surface area contributed by atoms with E-state index in [-0.39, 0.29) is 25.7 Å². The first-order chi connectivity index (χ1) is 16.3. The van der Waals surface area contributed by atoms with Gasteiger partial charge in [0.05, 0.1) is 25.2 Å². The van der Waals surface area contributed by atoms with Crippen LogP contribution in [0.2, 0.25) is 5.02 Å². The third kappa shape index (κ3) is 5.39. The highest BCUT2D eigenvalue weighted by atomic mass is 35.5. The number of piperidine rings is 1. The van der Waals surface area contributed by atoms with Crippen molar-refractivity contribution in [3.8, 4) is 11.5 Å². The van der Waals surface area contributed by atoms with Gasteiger partial charge in [-0.1, -0.05) is 23.7 Å². The number of hydrogen-bond acceptors (Lipinski definition) is 7. The minimum Gasteiger partial charge on any atom is -0.466 e. The Kier molecular flexibility index (Phi) is 7.79. The molecule has 2 aliphatic heterocycles. The summed E-state index contributed by atoms with van der Waals surface area (Å²) in [5.74, 6) is 0.417. The number of esters is 1. The Morgan fingerprint density at radius 3 is 2.68 bits per heavy atom. The van der Waals surface area contributed by atoms with Crippen LogP contribution in [-0.2, 0) is 24.4 Å². The highest BCUT2D eigenvalue weighted by Crippen LogP contribution is 2.38. The molecule has 10 heteroatoms. The summed E-state index contributed by atoms with van der Waals surface area (Å²) in [6.45, 7) is 2.57. The molecule has 2 heterocycles. The molecule has 8 nitrogen and oxygen atoms in total. The van der Waals surface area contributed by atoms with Gasteiger partial charge >= 0.3 is 5.97 Å². The standard InChI is InChI=1S/C24H29ClN2O6S/c1-3-31-24(28)18-7-5-13-27(15-18)34(29,30)22-16-32-26(2)23(22)17-6-4-8-21(14-17)33-20-11-9-19(25)10-12-20/h4,6,8-12,14,18,22-23H,3,5,7,13,15-16H2,1-2H3. The summed E-state index contributed by atoms with van der Waals surface area (Å²) in [6, 6.07) is 13.8. The van der Waals surface area contributed by atoms with Crippen molar-refractivity contribution >= 4 is 27.6 Å². The number of halogens is 1. The Morgan fingerprint density at radius 2 is 1.94 bits per heavy atom. The van der Waals surface area contributed by atoms with Crippen LogP contribution in [0.4, 0.5) is 0 Å². The SMILES string of the molecule is CCOC(=O)C1CCCN(S(=O)(=O)C2CON(C)C2c2cccc(Oc3ccc(Cl)cc3)c2)C1. The normalized spacial score (nSPS) is 24.1. The highest BCUT2D eigenvalue weighted by Gasteiger charge is 2.47. The third-order valence-electron chi connectivity index (χ3n) is 6.18. The summed E-state index contributed by atoms with van der Waals surface area (Å²) in [6.07, 6.45) is 1.24. The van der Waals surface area contributed by atoms with Crippen molar-refractivity contribution in [2.24, 2.45) is 5.92 Å². The quantitative estimate of drug-likeness (QED) is 0.522. The van der Waals surface area contributed by atoms with E-state index in [4.69, 9.17) is 25.9 Å². The van der Waals surface area contributed by atoms with Crippen molar-refractivity contribution in [3.63, 3.8) is 0 Å². The van der Waals surface area contributed by atoms with E-state index in [9.17, 15) is 13.2 Å². The van der Waals surface area contributed by atoms with E-state index in [0.29, 0.717) is 35.9 Å². The Labute approximate surface area is 205 Å². The van der Waals surface area contributed by atoms with Crippen LogP contribution in [0.15, 0.2) is 48.5 Å². The van der Waals surface area contributed by atoms with Gasteiger partial charge in [0.2, 0.25) is 10.0 Å². The molecule has 0 bridgehead atoms. The molecule has 2 saturated heterocycles. The molecule has 184 valence electrons. The van der Waals surface area contributed by atoms with Gasteiger partial charge in [-0.2, -0.15) is 5.06 Å². The molecule has 0 spiro atoms. The lowest BCUT2D eigenvalue weighted by atomic mass is 10.0. The molecular formula is C24H29ClN2O6S. The molecule has 0 aliphatic carbocycles. The van der Waals surface area contributed by atoms with Gasteiger partial charge in [-0.05, 0) is 61.7 Å². The zero-order valence-electron chi connectivity index (χ0n) is 19.2. The lowest BCUT2D eigenvalue weighted by Gasteiger charge is -2.34. The smallest absolute Gasteiger partial charge is 0.310 e. The molecular weight excluding hydrogens is 480 g/mol. The van der Waals surface area contributed by atoms with Gasteiger partial charge in [-0.25, -0.2) is 12.7 Å². The lowest BCUT2D eigenvalue weighted by Crippen LogP contribution is -2.48. The molecule has 4 rings (SSSR count). The second-order valence-electron chi connectivity index (χ2n) is 8.45. The molecule has 0 amide bonds. The molecule has 0 saturated carbocycles. The van der Waals surface area contributed by atoms with E-state index >= 15 is 0 Å². The van der Waals surface area contributed by atoms with Crippen LogP contribution in [-0.4, -0.2) is 62.4 Å². The average Bonchev–Trinajstić information content (AvgIpc) is 3.23. The number of carbonyl (C=O) groups is 1. The maximum atomic E-state index is 13.7. The summed E-state index contributed by atoms with van der Waals surface area (Å²) in [5, 5.41) is 1.38. The van der Waals surface area contributed by atoms with Crippen LogP contribution >= 0.6 is 11.6 Å². The molecule has 2 aromatic carbocycles. The van der Waals surface area contributed by atoms with E-state index in [2.05, 4.69) is 0 Å². The molecule has 3 unspecified atom stereocenters. The first kappa shape index (κ1) is 24.9. The van der Waals surface area contributed by atoms with Crippen LogP contribution in [0.5, 0.6) is 11.5 Å². The van der Waals surface area contributed by atoms with E-state index < -0.39 is 27.2 Å². The van der Waals surface area contributed by atoms with Crippen molar-refractivity contribution in [1.29, 1.82) is 0 Å². The molecule has 0 N–H and O–H groups in total. The van der Waals surface area contributed by atoms with Crippen LogP contribution in [0, 0.1) is 5.92 Å². The summed E-state index contributed by atoms with van der Waals surface area (Å²) in [4.78, 5) is 17.9. The number of benzene rings is 2. The van der Waals surface area contributed by atoms with Crippen molar-refractivity contribution in [1.82, 2.24) is 9.37 Å². The summed E-state index contributed by atoms with van der Waals surface area (Å²) >= 11 is 5.95. The largest absolute Gasteiger partial charge is 0.466 e. The number of rotatable bonds is 7. The van der Waals surface area contributed by atoms with Crippen LogP contribution in [0.1, 0.15) is 31.4 Å². The van der Waals surface area contributed by atoms with Gasteiger partial charge in [0.1, 0.15) is 16.7 Å². The number of hydroxylamine groups is 2. The number of hydrogen-bond donors (Lipinski definition) is 0. The topological polar surface area (TPSA) is 85.4 Å². The molecule has 3 atom stereocenters. The average molecular weight is 509 g/mol. The first-order valence-corrected chi connectivity index (χ1v) is 13.2. The summed E-state index contributed by atoms with van der Waals surface area (Å²) < 4.78 is 39.8. The van der Waals surface area contributed by atoms with E-state index in [0.717, 1.165) is 5.56 Å². The van der Waals surface area contributed by atoms with Gasteiger partial charge in [0.25, 0.3) is 0 Å². The summed E-state index contributed by atoms with van der Waals surface area (Å²) in [5.41, 5.74) is 0.763. The fraction of sp³-hybridized carbons (Fsp3) is 0.458. The summed E-state index contributed by atoms with van der Waals surface area (Å²) in [7, 11) is -2.02. The maximum absolute atomic E-state index is 13.7. The Balaban J connectivity index is 1.55. The second kappa shape index (κ2) is 10.6. The fourth-order valence-corrected chi connectivity index (χ4v) is 6.66. The van der Waals surface area contributed by atoms with Crippen molar-refractivity contribution in [2.75, 3.05) is 33.4 Å². The molecule has 0 aromatic heterocycles. The van der Waals surface area contributed by atoms with Gasteiger partial charge in [-0.3, -0.25) is 9.63 Å². The zero-order chi connectivity index (χ0) is 24.3. The zero-order valence-corrected chi connectivity index (χ0v) is 20.8. The number of carbonyl (C=O) groups excluding carboxylic acids is 1. The Morgan fingerprint density at radius 1 is 1.18 bits per heavy atom. The minimum atomic E-state index is -3.75. The molecule has 0 radical (unpaired) electrons. The highest BCUT2D eigenvalue weighted by molar-refractivity contribution is 7.89. The molecule has 34 heavy (non-hydrogen) atoms. The van der Waals surface area contributed by atoms with E-state index in [1.807, 2.05) is 24.3 Å². The number of sulfonamides is 1. The van der Waals surface area contributed by atoms with Crippen molar-refractivity contribution in [3.05, 3.63) is 59.1 Å². The van der Waals surface area contributed by atoms with Crippen LogP contribution < -0.4 is 4.74 Å². The number of ether oxygens (including phenoxy) is 2. The van der Waals surface area contributed by atoms with E-state index in [1.54, 1.807) is 43.3 Å². The fourth-order valence-electron chi connectivity index (χ4n) is 4.49. The van der Waals surface area contributed by atoms with Gasteiger partial charge in [0.15, 0.2) is 0 Å². The molecule has 2 aromatic rings. The van der Waals surface area contributed by atoms with Crippen LogP contribution in [0.3, 0.4) is 0 Å². The van der Waals surface area contributed by atoms with Gasteiger partial charge in [-0.15, -0.1) is 0 Å². The van der Waals surface area contributed by atoms with Crippen LogP contribution in [0.25, 0.3) is 0 Å². The predicted octanol–water partition coefficient (Wildman–Crippen LogP) is 4.02. The van der Waals surface area contributed by atoms with Gasteiger partial charge in [0, 0.05) is 25.2 Å². The third-order valence-corrected chi connectivity index (χ3v) is 8.64.